The van der Waals surface area contributed by atoms with E-state index in [0.29, 0.717) is 13.0 Å². The van der Waals surface area contributed by atoms with Gasteiger partial charge in [0, 0.05) is 19.5 Å². The van der Waals surface area contributed by atoms with Gasteiger partial charge >= 0.3 is 0 Å². The average Bonchev–Trinajstić information content (AvgIpc) is 2.13. The highest BCUT2D eigenvalue weighted by molar-refractivity contribution is 7.99. The third kappa shape index (κ3) is 7.39. The molecule has 0 aliphatic carbocycles. The van der Waals surface area contributed by atoms with Crippen LogP contribution in [0.5, 0.6) is 0 Å². The highest BCUT2D eigenvalue weighted by Crippen LogP contribution is 2.11. The Morgan fingerprint density at radius 2 is 2.00 bits per heavy atom. The van der Waals surface area contributed by atoms with Crippen LogP contribution in [0.3, 0.4) is 0 Å². The number of likely N-dealkylation sites (N-methyl/N-ethyl adjacent to an activating group) is 1. The first-order valence-corrected chi connectivity index (χ1v) is 6.20. The number of nitrogens with zero attached hydrogens (tertiary/aromatic N) is 1. The molecule has 1 amide bonds. The van der Waals surface area contributed by atoms with Gasteiger partial charge in [-0.05, 0) is 27.3 Å². The van der Waals surface area contributed by atoms with E-state index in [-0.39, 0.29) is 16.9 Å². The summed E-state index contributed by atoms with van der Waals surface area (Å²) in [6, 6.07) is 0. The molecule has 0 fully saturated rings. The lowest BCUT2D eigenvalue weighted by Crippen LogP contribution is -2.37. The van der Waals surface area contributed by atoms with Crippen molar-refractivity contribution in [1.29, 1.82) is 0 Å². The summed E-state index contributed by atoms with van der Waals surface area (Å²) in [5.74, 6) is 0.0108. The van der Waals surface area contributed by atoms with Crippen molar-refractivity contribution in [3.05, 3.63) is 0 Å². The number of carbonyl (C=O) groups excluding carboxylic acids is 2. The second kappa shape index (κ2) is 7.70. The molecule has 4 nitrogen and oxygen atoms in total. The summed E-state index contributed by atoms with van der Waals surface area (Å²) in [4.78, 5) is 24.5. The van der Waals surface area contributed by atoms with E-state index in [9.17, 15) is 9.59 Å². The summed E-state index contributed by atoms with van der Waals surface area (Å²) in [6.45, 7) is 2.95. The Morgan fingerprint density at radius 3 is 2.40 bits per heavy atom. The summed E-state index contributed by atoms with van der Waals surface area (Å²) in [7, 11) is 3.90. The second-order valence-electron chi connectivity index (χ2n) is 3.72. The molecule has 0 bridgehead atoms. The fourth-order valence-corrected chi connectivity index (χ4v) is 1.76. The molecule has 0 aromatic rings. The van der Waals surface area contributed by atoms with Crippen molar-refractivity contribution in [3.8, 4) is 0 Å². The monoisotopic (exact) mass is 232 g/mol. The molecule has 0 aliphatic heterocycles. The molecule has 1 atom stereocenters. The van der Waals surface area contributed by atoms with Crippen LogP contribution in [0.4, 0.5) is 0 Å². The maximum Gasteiger partial charge on any atom is 0.233 e. The number of rotatable bonds is 7. The summed E-state index contributed by atoms with van der Waals surface area (Å²) < 4.78 is 0. The number of amides is 1. The van der Waals surface area contributed by atoms with Crippen molar-refractivity contribution in [2.75, 3.05) is 33.4 Å². The Bertz CT molecular complexity index is 219. The van der Waals surface area contributed by atoms with E-state index in [1.54, 1.807) is 0 Å². The van der Waals surface area contributed by atoms with Crippen LogP contribution in [0.25, 0.3) is 0 Å². The van der Waals surface area contributed by atoms with Gasteiger partial charge in [-0.15, -0.1) is 0 Å². The molecule has 0 saturated carbocycles. The van der Waals surface area contributed by atoms with Crippen LogP contribution in [0, 0.1) is 0 Å². The topological polar surface area (TPSA) is 49.4 Å². The van der Waals surface area contributed by atoms with Gasteiger partial charge in [-0.2, -0.15) is 11.8 Å². The minimum absolute atomic E-state index is 0.0421. The van der Waals surface area contributed by atoms with Gasteiger partial charge in [-0.25, -0.2) is 0 Å². The highest BCUT2D eigenvalue weighted by Gasteiger charge is 2.18. The van der Waals surface area contributed by atoms with Crippen molar-refractivity contribution in [2.24, 2.45) is 0 Å². The number of ketones is 1. The Morgan fingerprint density at radius 1 is 1.40 bits per heavy atom. The molecule has 0 aromatic carbocycles. The van der Waals surface area contributed by atoms with E-state index in [1.807, 2.05) is 25.3 Å². The zero-order valence-corrected chi connectivity index (χ0v) is 10.7. The average molecular weight is 232 g/mol. The Balaban J connectivity index is 3.88. The van der Waals surface area contributed by atoms with Crippen LogP contribution < -0.4 is 5.32 Å². The summed E-state index contributed by atoms with van der Waals surface area (Å²) in [6.07, 6.45) is 2.16. The third-order valence-corrected chi connectivity index (χ3v) is 2.86. The lowest BCUT2D eigenvalue weighted by Gasteiger charge is -2.14. The van der Waals surface area contributed by atoms with E-state index >= 15 is 0 Å². The Kier molecular flexibility index (Phi) is 7.42. The predicted octanol–water partition coefficient (Wildman–Crippen LogP) is 0.375. The number of Topliss-reactive ketones (excluding diaryl/α,β-unsaturated/α-hetero) is 1. The number of nitrogens with one attached hydrogen (secondary N) is 1. The highest BCUT2D eigenvalue weighted by atomic mass is 32.2. The second-order valence-corrected chi connectivity index (χ2v) is 4.77. The molecule has 0 saturated heterocycles. The standard InChI is InChI=1S/C10H20N2O2S/c1-8(13)7-9(15-4)10(14)11-5-6-12(2)3/h9H,5-7H2,1-4H3,(H,11,14). The van der Waals surface area contributed by atoms with Gasteiger partial charge in [0.05, 0.1) is 5.25 Å². The maximum atomic E-state index is 11.6. The van der Waals surface area contributed by atoms with E-state index in [1.165, 1.54) is 18.7 Å². The number of hydrogen-bond donors (Lipinski definition) is 1. The summed E-state index contributed by atoms with van der Waals surface area (Å²) in [5.41, 5.74) is 0. The van der Waals surface area contributed by atoms with Crippen molar-refractivity contribution in [3.63, 3.8) is 0 Å². The predicted molar refractivity (Wildman–Crippen MR) is 64.2 cm³/mol. The molecule has 5 heteroatoms. The molecule has 15 heavy (non-hydrogen) atoms. The van der Waals surface area contributed by atoms with Gasteiger partial charge in [0.25, 0.3) is 0 Å². The maximum absolute atomic E-state index is 11.6. The number of hydrogen-bond acceptors (Lipinski definition) is 4. The normalized spacial score (nSPS) is 12.6. The smallest absolute Gasteiger partial charge is 0.233 e. The van der Waals surface area contributed by atoms with Crippen molar-refractivity contribution in [2.45, 2.75) is 18.6 Å². The SMILES string of the molecule is CSC(CC(C)=O)C(=O)NCCN(C)C. The van der Waals surface area contributed by atoms with Crippen LogP contribution in [0.15, 0.2) is 0 Å². The van der Waals surface area contributed by atoms with Crippen molar-refractivity contribution < 1.29 is 9.59 Å². The van der Waals surface area contributed by atoms with Crippen LogP contribution in [-0.4, -0.2) is 55.3 Å². The zero-order valence-electron chi connectivity index (χ0n) is 9.87. The first-order chi connectivity index (χ1) is 6.97. The summed E-state index contributed by atoms with van der Waals surface area (Å²) in [5, 5.41) is 2.57. The van der Waals surface area contributed by atoms with Gasteiger partial charge in [0.1, 0.15) is 5.78 Å². The molecule has 0 rings (SSSR count). The first kappa shape index (κ1) is 14.5. The Labute approximate surface area is 95.8 Å². The van der Waals surface area contributed by atoms with E-state index in [0.717, 1.165) is 6.54 Å². The molecule has 0 aromatic heterocycles. The Hall–Kier alpha value is -0.550. The van der Waals surface area contributed by atoms with Gasteiger partial charge in [-0.3, -0.25) is 9.59 Å². The first-order valence-electron chi connectivity index (χ1n) is 4.92. The quantitative estimate of drug-likeness (QED) is 0.689. The van der Waals surface area contributed by atoms with Gasteiger partial charge < -0.3 is 10.2 Å². The van der Waals surface area contributed by atoms with Crippen LogP contribution in [0.1, 0.15) is 13.3 Å². The molecule has 0 aliphatic rings. The number of carbonyl (C=O) groups is 2. The zero-order chi connectivity index (χ0) is 11.8. The molecule has 0 radical (unpaired) electrons. The third-order valence-electron chi connectivity index (χ3n) is 1.91. The minimum atomic E-state index is -0.246. The van der Waals surface area contributed by atoms with Crippen LogP contribution in [-0.2, 0) is 9.59 Å². The molecule has 0 spiro atoms. The lowest BCUT2D eigenvalue weighted by atomic mass is 10.2. The minimum Gasteiger partial charge on any atom is -0.354 e. The van der Waals surface area contributed by atoms with E-state index in [2.05, 4.69) is 5.32 Å². The van der Waals surface area contributed by atoms with Gasteiger partial charge in [0.2, 0.25) is 5.91 Å². The van der Waals surface area contributed by atoms with E-state index < -0.39 is 0 Å². The molecule has 1 unspecified atom stereocenters. The van der Waals surface area contributed by atoms with Crippen molar-refractivity contribution in [1.82, 2.24) is 10.2 Å². The van der Waals surface area contributed by atoms with Gasteiger partial charge in [0.15, 0.2) is 0 Å². The molecular formula is C10H20N2O2S. The molecule has 1 N–H and O–H groups in total. The van der Waals surface area contributed by atoms with Crippen molar-refractivity contribution >= 4 is 23.5 Å². The van der Waals surface area contributed by atoms with Crippen LogP contribution >= 0.6 is 11.8 Å². The lowest BCUT2D eigenvalue weighted by molar-refractivity contribution is -0.124. The van der Waals surface area contributed by atoms with E-state index in [4.69, 9.17) is 0 Å². The van der Waals surface area contributed by atoms with Gasteiger partial charge in [-0.1, -0.05) is 0 Å². The molecule has 0 heterocycles. The summed E-state index contributed by atoms with van der Waals surface area (Å²) >= 11 is 1.42. The molecule has 88 valence electrons. The van der Waals surface area contributed by atoms with Crippen LogP contribution in [0.2, 0.25) is 0 Å². The largest absolute Gasteiger partial charge is 0.354 e. The molecular weight excluding hydrogens is 212 g/mol. The fourth-order valence-electron chi connectivity index (χ4n) is 1.06. The number of thioether (sulfide) groups is 1. The fraction of sp³-hybridized carbons (Fsp3) is 0.800.